The van der Waals surface area contributed by atoms with E-state index in [-0.39, 0.29) is 23.4 Å². The first-order chi connectivity index (χ1) is 16.5. The fraction of sp³-hybridized carbons (Fsp3) is 0.370. The van der Waals surface area contributed by atoms with Gasteiger partial charge in [0.1, 0.15) is 5.82 Å². The van der Waals surface area contributed by atoms with Crippen LogP contribution in [0, 0.1) is 30.0 Å². The summed E-state index contributed by atoms with van der Waals surface area (Å²) in [6, 6.07) is 14.9. The summed E-state index contributed by atoms with van der Waals surface area (Å²) < 4.78 is 15.7. The fourth-order valence-electron chi connectivity index (χ4n) is 4.55. The number of fused-ring (bicyclic) bond motifs is 1. The molecule has 176 valence electrons. The molecule has 1 amide bonds. The van der Waals surface area contributed by atoms with Crippen LogP contribution in [-0.2, 0) is 17.9 Å². The van der Waals surface area contributed by atoms with Gasteiger partial charge in [0.15, 0.2) is 5.78 Å². The highest BCUT2D eigenvalue weighted by molar-refractivity contribution is 6.09. The number of hydrogen-bond donors (Lipinski definition) is 1. The lowest BCUT2D eigenvalue weighted by atomic mass is 9.95. The Hall–Kier alpha value is -3.50. The van der Waals surface area contributed by atoms with Gasteiger partial charge < -0.3 is 9.88 Å². The summed E-state index contributed by atoms with van der Waals surface area (Å²) >= 11 is 0. The van der Waals surface area contributed by atoms with E-state index in [0.29, 0.717) is 63.1 Å². The van der Waals surface area contributed by atoms with Crippen molar-refractivity contribution in [3.63, 3.8) is 0 Å². The van der Waals surface area contributed by atoms with E-state index >= 15 is 0 Å². The molecule has 34 heavy (non-hydrogen) atoms. The Labute approximate surface area is 199 Å². The summed E-state index contributed by atoms with van der Waals surface area (Å²) in [5, 5.41) is 12.8. The molecular formula is C27H29FN4O2. The number of carbonyl (C=O) groups is 2. The van der Waals surface area contributed by atoms with Crippen molar-refractivity contribution in [1.82, 2.24) is 14.8 Å². The number of hydrogen-bond acceptors (Lipinski definition) is 4. The molecule has 0 radical (unpaired) electrons. The number of aryl methyl sites for hydroxylation is 2. The SMILES string of the molecule is Cc1ccc(CNC(=O)C2CCN(CC(=O)c3cn(CCC#N)c4ccccc34)CC2)cc1F. The van der Waals surface area contributed by atoms with Gasteiger partial charge in [-0.1, -0.05) is 30.3 Å². The molecule has 1 aliphatic rings. The van der Waals surface area contributed by atoms with Gasteiger partial charge in [0.05, 0.1) is 19.0 Å². The highest BCUT2D eigenvalue weighted by atomic mass is 19.1. The standard InChI is InChI=1S/C27H29FN4O2/c1-19-7-8-20(15-24(19)28)16-30-27(34)21-9-13-31(14-10-21)18-26(33)23-17-32(12-4-11-29)25-6-3-2-5-22(23)25/h2-3,5-8,15,17,21H,4,9-10,12-14,16,18H2,1H3,(H,30,34). The quantitative estimate of drug-likeness (QED) is 0.511. The molecule has 7 heteroatoms. The normalized spacial score (nSPS) is 14.7. The second kappa shape index (κ2) is 10.6. The molecule has 1 N–H and O–H groups in total. The van der Waals surface area contributed by atoms with Crippen molar-refractivity contribution in [2.45, 2.75) is 39.3 Å². The molecule has 0 atom stereocenters. The monoisotopic (exact) mass is 460 g/mol. The zero-order valence-electron chi connectivity index (χ0n) is 19.4. The number of halogens is 1. The van der Waals surface area contributed by atoms with Crippen LogP contribution in [0.2, 0.25) is 0 Å². The number of likely N-dealkylation sites (tertiary alicyclic amines) is 1. The molecule has 3 aromatic rings. The van der Waals surface area contributed by atoms with Gasteiger partial charge in [0, 0.05) is 41.7 Å². The van der Waals surface area contributed by atoms with Crippen molar-refractivity contribution >= 4 is 22.6 Å². The molecule has 1 saturated heterocycles. The molecule has 2 aromatic carbocycles. The van der Waals surface area contributed by atoms with Crippen molar-refractivity contribution in [3.05, 3.63) is 71.2 Å². The second-order valence-corrected chi connectivity index (χ2v) is 8.94. The first-order valence-corrected chi connectivity index (χ1v) is 11.7. The summed E-state index contributed by atoms with van der Waals surface area (Å²) in [5.74, 6) is -0.337. The van der Waals surface area contributed by atoms with E-state index in [2.05, 4.69) is 16.3 Å². The number of benzene rings is 2. The number of Topliss-reactive ketones (excluding diaryl/α,β-unsaturated/α-hetero) is 1. The van der Waals surface area contributed by atoms with Crippen LogP contribution in [0.4, 0.5) is 4.39 Å². The van der Waals surface area contributed by atoms with Crippen molar-refractivity contribution in [2.24, 2.45) is 5.92 Å². The minimum Gasteiger partial charge on any atom is -0.352 e. The molecule has 0 unspecified atom stereocenters. The van der Waals surface area contributed by atoms with E-state index in [1.54, 1.807) is 13.0 Å². The van der Waals surface area contributed by atoms with Crippen LogP contribution in [0.25, 0.3) is 10.9 Å². The number of nitrogens with zero attached hydrogens (tertiary/aromatic N) is 3. The van der Waals surface area contributed by atoms with Gasteiger partial charge in [-0.05, 0) is 56.1 Å². The van der Waals surface area contributed by atoms with Crippen LogP contribution in [-0.4, -0.2) is 40.8 Å². The van der Waals surface area contributed by atoms with E-state index < -0.39 is 0 Å². The van der Waals surface area contributed by atoms with Crippen molar-refractivity contribution in [3.8, 4) is 6.07 Å². The molecular weight excluding hydrogens is 431 g/mol. The average molecular weight is 461 g/mol. The van der Waals surface area contributed by atoms with Gasteiger partial charge in [-0.2, -0.15) is 5.26 Å². The van der Waals surface area contributed by atoms with E-state index in [9.17, 15) is 14.0 Å². The Morgan fingerprint density at radius 3 is 2.68 bits per heavy atom. The minimum absolute atomic E-state index is 0.0208. The lowest BCUT2D eigenvalue weighted by Gasteiger charge is -2.30. The summed E-state index contributed by atoms with van der Waals surface area (Å²) in [6.07, 6.45) is 3.62. The summed E-state index contributed by atoms with van der Waals surface area (Å²) in [4.78, 5) is 27.8. The topological polar surface area (TPSA) is 78.1 Å². The Morgan fingerprint density at radius 1 is 1.18 bits per heavy atom. The number of rotatable bonds is 8. The lowest BCUT2D eigenvalue weighted by Crippen LogP contribution is -2.42. The van der Waals surface area contributed by atoms with Crippen LogP contribution in [0.1, 0.15) is 40.7 Å². The summed E-state index contributed by atoms with van der Waals surface area (Å²) in [5.41, 5.74) is 2.97. The minimum atomic E-state index is -0.266. The molecule has 2 heterocycles. The number of amides is 1. The number of carbonyl (C=O) groups excluding carboxylic acids is 2. The van der Waals surface area contributed by atoms with Gasteiger partial charge >= 0.3 is 0 Å². The number of piperidine rings is 1. The van der Waals surface area contributed by atoms with Gasteiger partial charge in [0.25, 0.3) is 0 Å². The number of para-hydroxylation sites is 1. The third-order valence-electron chi connectivity index (χ3n) is 6.58. The molecule has 0 aliphatic carbocycles. The molecule has 0 bridgehead atoms. The van der Waals surface area contributed by atoms with Crippen LogP contribution >= 0.6 is 0 Å². The Morgan fingerprint density at radius 2 is 1.94 bits per heavy atom. The number of aromatic nitrogens is 1. The Bertz CT molecular complexity index is 1240. The Kier molecular flexibility index (Phi) is 7.39. The Balaban J connectivity index is 1.31. The average Bonchev–Trinajstić information content (AvgIpc) is 3.22. The maximum absolute atomic E-state index is 13.7. The van der Waals surface area contributed by atoms with Crippen molar-refractivity contribution in [2.75, 3.05) is 19.6 Å². The molecule has 1 aromatic heterocycles. The first kappa shape index (κ1) is 23.7. The predicted octanol–water partition coefficient (Wildman–Crippen LogP) is 4.21. The molecule has 6 nitrogen and oxygen atoms in total. The van der Waals surface area contributed by atoms with E-state index in [1.807, 2.05) is 41.1 Å². The van der Waals surface area contributed by atoms with E-state index in [4.69, 9.17) is 5.26 Å². The summed E-state index contributed by atoms with van der Waals surface area (Å²) in [6.45, 7) is 4.24. The molecule has 4 rings (SSSR count). The van der Waals surface area contributed by atoms with Crippen molar-refractivity contribution < 1.29 is 14.0 Å². The van der Waals surface area contributed by atoms with Gasteiger partial charge in [-0.25, -0.2) is 4.39 Å². The largest absolute Gasteiger partial charge is 0.352 e. The summed E-state index contributed by atoms with van der Waals surface area (Å²) in [7, 11) is 0. The zero-order valence-corrected chi connectivity index (χ0v) is 19.4. The maximum Gasteiger partial charge on any atom is 0.223 e. The highest BCUT2D eigenvalue weighted by Crippen LogP contribution is 2.24. The van der Waals surface area contributed by atoms with Gasteiger partial charge in [0.2, 0.25) is 5.91 Å². The lowest BCUT2D eigenvalue weighted by molar-refractivity contribution is -0.126. The van der Waals surface area contributed by atoms with Crippen molar-refractivity contribution in [1.29, 1.82) is 5.26 Å². The van der Waals surface area contributed by atoms with E-state index in [1.165, 1.54) is 6.07 Å². The molecule has 1 fully saturated rings. The molecule has 1 aliphatic heterocycles. The maximum atomic E-state index is 13.7. The molecule has 0 saturated carbocycles. The molecule has 0 spiro atoms. The van der Waals surface area contributed by atoms with Crippen LogP contribution in [0.3, 0.4) is 0 Å². The predicted molar refractivity (Wildman–Crippen MR) is 129 cm³/mol. The van der Waals surface area contributed by atoms with E-state index in [0.717, 1.165) is 16.5 Å². The van der Waals surface area contributed by atoms with Gasteiger partial charge in [-0.15, -0.1) is 0 Å². The third kappa shape index (κ3) is 5.35. The second-order valence-electron chi connectivity index (χ2n) is 8.94. The third-order valence-corrected chi connectivity index (χ3v) is 6.58. The highest BCUT2D eigenvalue weighted by Gasteiger charge is 2.26. The number of ketones is 1. The van der Waals surface area contributed by atoms with Crippen LogP contribution in [0.15, 0.2) is 48.7 Å². The first-order valence-electron chi connectivity index (χ1n) is 11.7. The van der Waals surface area contributed by atoms with Crippen LogP contribution in [0.5, 0.6) is 0 Å². The van der Waals surface area contributed by atoms with Crippen LogP contribution < -0.4 is 5.32 Å². The fourth-order valence-corrected chi connectivity index (χ4v) is 4.55. The zero-order chi connectivity index (χ0) is 24.1. The number of nitriles is 1. The number of nitrogens with one attached hydrogen (secondary N) is 1. The smallest absolute Gasteiger partial charge is 0.223 e. The van der Waals surface area contributed by atoms with Gasteiger partial charge in [-0.3, -0.25) is 14.5 Å².